The summed E-state index contributed by atoms with van der Waals surface area (Å²) in [4.78, 5) is 14.3. The van der Waals surface area contributed by atoms with E-state index < -0.39 is 0 Å². The van der Waals surface area contributed by atoms with E-state index in [1.807, 2.05) is 18.2 Å². The van der Waals surface area contributed by atoms with Crippen LogP contribution < -0.4 is 5.32 Å². The third-order valence-corrected chi connectivity index (χ3v) is 3.96. The van der Waals surface area contributed by atoms with Gasteiger partial charge in [0.2, 0.25) is 5.89 Å². The van der Waals surface area contributed by atoms with Gasteiger partial charge in [0.15, 0.2) is 0 Å². The topological polar surface area (TPSA) is 80.5 Å². The Morgan fingerprint density at radius 2 is 2.12 bits per heavy atom. The SMILES string of the molecule is O=C(NCCN1CCOCC1)c1nnc(Cc2cccc(Cl)c2)o1. The predicted octanol–water partition coefficient (Wildman–Crippen LogP) is 1.38. The normalized spacial score (nSPS) is 15.4. The van der Waals surface area contributed by atoms with Crippen molar-refractivity contribution in [1.29, 1.82) is 0 Å². The molecule has 1 fully saturated rings. The molecule has 1 aliphatic rings. The highest BCUT2D eigenvalue weighted by Gasteiger charge is 2.16. The molecule has 0 bridgehead atoms. The Morgan fingerprint density at radius 3 is 2.92 bits per heavy atom. The average Bonchev–Trinajstić information content (AvgIpc) is 3.04. The van der Waals surface area contributed by atoms with Crippen LogP contribution in [-0.4, -0.2) is 60.4 Å². The van der Waals surface area contributed by atoms with Gasteiger partial charge in [0.05, 0.1) is 19.6 Å². The zero-order valence-corrected chi connectivity index (χ0v) is 14.0. The van der Waals surface area contributed by atoms with E-state index in [1.54, 1.807) is 6.07 Å². The van der Waals surface area contributed by atoms with Crippen LogP contribution in [0.3, 0.4) is 0 Å². The van der Waals surface area contributed by atoms with Gasteiger partial charge in [-0.15, -0.1) is 10.2 Å². The number of aromatic nitrogens is 2. The Morgan fingerprint density at radius 1 is 1.29 bits per heavy atom. The minimum Gasteiger partial charge on any atom is -0.417 e. The zero-order valence-electron chi connectivity index (χ0n) is 13.2. The molecule has 1 amide bonds. The maximum Gasteiger partial charge on any atom is 0.308 e. The summed E-state index contributed by atoms with van der Waals surface area (Å²) in [7, 11) is 0. The summed E-state index contributed by atoms with van der Waals surface area (Å²) in [5.74, 6) is 0.0118. The van der Waals surface area contributed by atoms with Gasteiger partial charge in [0.25, 0.3) is 0 Å². The van der Waals surface area contributed by atoms with Gasteiger partial charge in [-0.25, -0.2) is 0 Å². The van der Waals surface area contributed by atoms with Gasteiger partial charge in [-0.2, -0.15) is 0 Å². The lowest BCUT2D eigenvalue weighted by atomic mass is 10.1. The van der Waals surface area contributed by atoms with E-state index in [1.165, 1.54) is 0 Å². The fourth-order valence-corrected chi connectivity index (χ4v) is 2.68. The Hall–Kier alpha value is -1.96. The van der Waals surface area contributed by atoms with Crippen LogP contribution >= 0.6 is 11.6 Å². The van der Waals surface area contributed by atoms with Crippen molar-refractivity contribution in [1.82, 2.24) is 20.4 Å². The number of carbonyl (C=O) groups excluding carboxylic acids is 1. The van der Waals surface area contributed by atoms with E-state index in [4.69, 9.17) is 20.8 Å². The Balaban J connectivity index is 1.48. The Labute approximate surface area is 144 Å². The molecule has 2 aromatic rings. The van der Waals surface area contributed by atoms with Crippen molar-refractivity contribution in [3.05, 3.63) is 46.6 Å². The molecular weight excluding hydrogens is 332 g/mol. The quantitative estimate of drug-likeness (QED) is 0.847. The van der Waals surface area contributed by atoms with Crippen LogP contribution in [0.5, 0.6) is 0 Å². The lowest BCUT2D eigenvalue weighted by molar-refractivity contribution is 0.0382. The molecule has 1 aromatic carbocycles. The van der Waals surface area contributed by atoms with Crippen LogP contribution in [-0.2, 0) is 11.2 Å². The molecule has 1 saturated heterocycles. The number of halogens is 1. The van der Waals surface area contributed by atoms with Crippen LogP contribution in [0.2, 0.25) is 5.02 Å². The fraction of sp³-hybridized carbons (Fsp3) is 0.438. The molecule has 7 nitrogen and oxygen atoms in total. The molecular formula is C16H19ClN4O3. The van der Waals surface area contributed by atoms with E-state index >= 15 is 0 Å². The number of benzene rings is 1. The van der Waals surface area contributed by atoms with Crippen LogP contribution in [0.15, 0.2) is 28.7 Å². The molecule has 128 valence electrons. The highest BCUT2D eigenvalue weighted by molar-refractivity contribution is 6.30. The fourth-order valence-electron chi connectivity index (χ4n) is 2.47. The van der Waals surface area contributed by atoms with Crippen molar-refractivity contribution >= 4 is 17.5 Å². The Bertz CT molecular complexity index is 685. The van der Waals surface area contributed by atoms with Crippen LogP contribution in [0.1, 0.15) is 22.1 Å². The summed E-state index contributed by atoms with van der Waals surface area (Å²) >= 11 is 5.95. The number of hydrogen-bond acceptors (Lipinski definition) is 6. The lowest BCUT2D eigenvalue weighted by Gasteiger charge is -2.26. The molecule has 0 saturated carbocycles. The highest BCUT2D eigenvalue weighted by Crippen LogP contribution is 2.14. The first kappa shape index (κ1) is 16.9. The summed E-state index contributed by atoms with van der Waals surface area (Å²) in [6, 6.07) is 7.39. The van der Waals surface area contributed by atoms with E-state index in [0.717, 1.165) is 38.4 Å². The van der Waals surface area contributed by atoms with Crippen molar-refractivity contribution in [3.8, 4) is 0 Å². The number of hydrogen-bond donors (Lipinski definition) is 1. The smallest absolute Gasteiger partial charge is 0.308 e. The van der Waals surface area contributed by atoms with Gasteiger partial charge in [0, 0.05) is 31.2 Å². The lowest BCUT2D eigenvalue weighted by Crippen LogP contribution is -2.41. The molecule has 24 heavy (non-hydrogen) atoms. The molecule has 0 aliphatic carbocycles. The predicted molar refractivity (Wildman–Crippen MR) is 88.1 cm³/mol. The summed E-state index contributed by atoms with van der Waals surface area (Å²) in [5, 5.41) is 11.2. The van der Waals surface area contributed by atoms with E-state index in [9.17, 15) is 4.79 Å². The molecule has 2 heterocycles. The minimum absolute atomic E-state index is 0.0194. The minimum atomic E-state index is -0.354. The molecule has 3 rings (SSSR count). The van der Waals surface area contributed by atoms with Crippen molar-refractivity contribution in [3.63, 3.8) is 0 Å². The third kappa shape index (κ3) is 4.77. The summed E-state index contributed by atoms with van der Waals surface area (Å²) in [6.45, 7) is 4.57. The second-order valence-electron chi connectivity index (χ2n) is 5.52. The second kappa shape index (κ2) is 8.23. The monoisotopic (exact) mass is 350 g/mol. The maximum atomic E-state index is 12.0. The summed E-state index contributed by atoms with van der Waals surface area (Å²) in [6.07, 6.45) is 0.439. The maximum absolute atomic E-state index is 12.0. The standard InChI is InChI=1S/C16H19ClN4O3/c17-13-3-1-2-12(10-13)11-14-19-20-16(24-14)15(22)18-4-5-21-6-8-23-9-7-21/h1-3,10H,4-9,11H2,(H,18,22). The second-order valence-corrected chi connectivity index (χ2v) is 5.95. The zero-order chi connectivity index (χ0) is 16.8. The van der Waals surface area contributed by atoms with Gasteiger partial charge >= 0.3 is 11.8 Å². The average molecular weight is 351 g/mol. The molecule has 8 heteroatoms. The van der Waals surface area contributed by atoms with Gasteiger partial charge in [-0.3, -0.25) is 9.69 Å². The van der Waals surface area contributed by atoms with Crippen LogP contribution in [0, 0.1) is 0 Å². The first-order valence-electron chi connectivity index (χ1n) is 7.86. The number of carbonyl (C=O) groups is 1. The third-order valence-electron chi connectivity index (χ3n) is 3.72. The molecule has 0 unspecified atom stereocenters. The molecule has 1 N–H and O–H groups in total. The largest absolute Gasteiger partial charge is 0.417 e. The van der Waals surface area contributed by atoms with E-state index in [0.29, 0.717) is 23.9 Å². The number of nitrogens with zero attached hydrogens (tertiary/aromatic N) is 3. The van der Waals surface area contributed by atoms with Gasteiger partial charge in [-0.1, -0.05) is 23.7 Å². The van der Waals surface area contributed by atoms with E-state index in [-0.39, 0.29) is 11.8 Å². The molecule has 0 radical (unpaired) electrons. The first-order chi connectivity index (χ1) is 11.7. The number of ether oxygens (including phenoxy) is 1. The number of rotatable bonds is 6. The van der Waals surface area contributed by atoms with Crippen molar-refractivity contribution < 1.29 is 13.9 Å². The Kier molecular flexibility index (Phi) is 5.79. The number of morpholine rings is 1. The van der Waals surface area contributed by atoms with Crippen LogP contribution in [0.4, 0.5) is 0 Å². The molecule has 0 atom stereocenters. The molecule has 1 aliphatic heterocycles. The summed E-state index contributed by atoms with van der Waals surface area (Å²) < 4.78 is 10.7. The van der Waals surface area contributed by atoms with Crippen molar-refractivity contribution in [2.75, 3.05) is 39.4 Å². The van der Waals surface area contributed by atoms with Crippen LogP contribution in [0.25, 0.3) is 0 Å². The molecule has 0 spiro atoms. The molecule has 1 aromatic heterocycles. The highest BCUT2D eigenvalue weighted by atomic mass is 35.5. The van der Waals surface area contributed by atoms with E-state index in [2.05, 4.69) is 20.4 Å². The summed E-state index contributed by atoms with van der Waals surface area (Å²) in [5.41, 5.74) is 0.949. The van der Waals surface area contributed by atoms with Crippen molar-refractivity contribution in [2.45, 2.75) is 6.42 Å². The van der Waals surface area contributed by atoms with Gasteiger partial charge in [-0.05, 0) is 17.7 Å². The number of amides is 1. The van der Waals surface area contributed by atoms with Gasteiger partial charge in [0.1, 0.15) is 0 Å². The van der Waals surface area contributed by atoms with Gasteiger partial charge < -0.3 is 14.5 Å². The van der Waals surface area contributed by atoms with Crippen molar-refractivity contribution in [2.24, 2.45) is 0 Å². The number of nitrogens with one attached hydrogen (secondary N) is 1. The first-order valence-corrected chi connectivity index (χ1v) is 8.23.